The third-order valence-electron chi connectivity index (χ3n) is 4.45. The summed E-state index contributed by atoms with van der Waals surface area (Å²) < 4.78 is 0. The molecule has 0 spiro atoms. The Morgan fingerprint density at radius 1 is 1.00 bits per heavy atom. The van der Waals surface area contributed by atoms with Crippen LogP contribution in [0.25, 0.3) is 6.08 Å². The van der Waals surface area contributed by atoms with E-state index in [4.69, 9.17) is 0 Å². The van der Waals surface area contributed by atoms with Crippen molar-refractivity contribution in [1.29, 1.82) is 0 Å². The first-order valence-corrected chi connectivity index (χ1v) is 8.37. The topological polar surface area (TPSA) is 20.3 Å². The quantitative estimate of drug-likeness (QED) is 0.718. The molecule has 0 heterocycles. The Bertz CT molecular complexity index is 644. The lowest BCUT2D eigenvalue weighted by molar-refractivity contribution is -0.127. The van der Waals surface area contributed by atoms with E-state index in [9.17, 15) is 4.79 Å². The van der Waals surface area contributed by atoms with Crippen molar-refractivity contribution in [3.05, 3.63) is 77.9 Å². The van der Waals surface area contributed by atoms with Crippen molar-refractivity contribution in [3.63, 3.8) is 0 Å². The van der Waals surface area contributed by atoms with E-state index >= 15 is 0 Å². The van der Waals surface area contributed by atoms with Crippen LogP contribution in [0.3, 0.4) is 0 Å². The summed E-state index contributed by atoms with van der Waals surface area (Å²) in [5.41, 5.74) is 2.25. The molecular weight excluding hydrogens is 282 g/mol. The molecule has 2 nitrogen and oxygen atoms in total. The third kappa shape index (κ3) is 4.56. The van der Waals surface area contributed by atoms with Crippen molar-refractivity contribution < 1.29 is 4.79 Å². The first-order valence-electron chi connectivity index (χ1n) is 8.37. The summed E-state index contributed by atoms with van der Waals surface area (Å²) in [6.07, 6.45) is 7.41. The van der Waals surface area contributed by atoms with Crippen LogP contribution >= 0.6 is 0 Å². The normalized spacial score (nSPS) is 14.6. The van der Waals surface area contributed by atoms with Crippen LogP contribution in [0.15, 0.2) is 66.7 Å². The highest BCUT2D eigenvalue weighted by Crippen LogP contribution is 2.27. The Morgan fingerprint density at radius 3 is 2.26 bits per heavy atom. The van der Waals surface area contributed by atoms with Crippen LogP contribution in [-0.4, -0.2) is 17.4 Å². The van der Waals surface area contributed by atoms with Crippen molar-refractivity contribution in [2.24, 2.45) is 5.92 Å². The van der Waals surface area contributed by atoms with Gasteiger partial charge in [0.2, 0.25) is 5.91 Å². The fraction of sp³-hybridized carbons (Fsp3) is 0.286. The molecule has 2 heteroatoms. The molecule has 0 aromatic heterocycles. The Kier molecular flexibility index (Phi) is 5.25. The highest BCUT2D eigenvalue weighted by Gasteiger charge is 2.22. The monoisotopic (exact) mass is 305 g/mol. The zero-order chi connectivity index (χ0) is 15.9. The van der Waals surface area contributed by atoms with Crippen molar-refractivity contribution in [2.45, 2.75) is 25.8 Å². The van der Waals surface area contributed by atoms with Gasteiger partial charge in [-0.25, -0.2) is 0 Å². The van der Waals surface area contributed by atoms with Gasteiger partial charge in [-0.15, -0.1) is 0 Å². The molecule has 0 aliphatic heterocycles. The molecule has 2 aromatic carbocycles. The predicted molar refractivity (Wildman–Crippen MR) is 94.7 cm³/mol. The third-order valence-corrected chi connectivity index (χ3v) is 4.45. The number of carbonyl (C=O) groups excluding carboxylic acids is 1. The molecule has 0 N–H and O–H groups in total. The van der Waals surface area contributed by atoms with Gasteiger partial charge in [-0.1, -0.05) is 67.1 Å². The molecule has 0 radical (unpaired) electrons. The molecule has 1 saturated carbocycles. The number of hydrogen-bond acceptors (Lipinski definition) is 1. The fourth-order valence-electron chi connectivity index (χ4n) is 2.86. The van der Waals surface area contributed by atoms with Crippen LogP contribution in [0, 0.1) is 5.92 Å². The summed E-state index contributed by atoms with van der Waals surface area (Å²) in [5, 5.41) is 0. The minimum absolute atomic E-state index is 0.101. The molecule has 23 heavy (non-hydrogen) atoms. The van der Waals surface area contributed by atoms with Crippen LogP contribution in [0.5, 0.6) is 0 Å². The van der Waals surface area contributed by atoms with Gasteiger partial charge in [-0.2, -0.15) is 0 Å². The van der Waals surface area contributed by atoms with Gasteiger partial charge in [0.1, 0.15) is 0 Å². The summed E-state index contributed by atoms with van der Waals surface area (Å²) in [4.78, 5) is 14.6. The Morgan fingerprint density at radius 2 is 1.65 bits per heavy atom. The smallest absolute Gasteiger partial charge is 0.246 e. The highest BCUT2D eigenvalue weighted by atomic mass is 16.2. The van der Waals surface area contributed by atoms with Gasteiger partial charge in [0, 0.05) is 19.2 Å². The second kappa shape index (κ2) is 7.77. The Balaban J connectivity index is 1.68. The van der Waals surface area contributed by atoms with Gasteiger partial charge in [0.15, 0.2) is 0 Å². The number of carbonyl (C=O) groups is 1. The second-order valence-electron chi connectivity index (χ2n) is 6.25. The minimum atomic E-state index is 0.101. The van der Waals surface area contributed by atoms with E-state index < -0.39 is 0 Å². The van der Waals surface area contributed by atoms with E-state index in [2.05, 4.69) is 12.1 Å². The van der Waals surface area contributed by atoms with Crippen LogP contribution in [0.4, 0.5) is 0 Å². The van der Waals surface area contributed by atoms with E-state index in [1.54, 1.807) is 6.08 Å². The first-order chi connectivity index (χ1) is 11.3. The average molecular weight is 305 g/mol. The molecular formula is C21H23NO. The molecule has 1 amide bonds. The molecule has 0 atom stereocenters. The molecule has 118 valence electrons. The summed E-state index contributed by atoms with van der Waals surface area (Å²) in [5.74, 6) is 0.775. The minimum Gasteiger partial charge on any atom is -0.335 e. The van der Waals surface area contributed by atoms with E-state index in [1.165, 1.54) is 24.8 Å². The van der Waals surface area contributed by atoms with Crippen molar-refractivity contribution in [2.75, 3.05) is 6.54 Å². The summed E-state index contributed by atoms with van der Waals surface area (Å²) in [6.45, 7) is 1.56. The molecule has 1 aliphatic rings. The van der Waals surface area contributed by atoms with Crippen LogP contribution in [0.1, 0.15) is 30.4 Å². The van der Waals surface area contributed by atoms with Gasteiger partial charge >= 0.3 is 0 Å². The SMILES string of the molecule is O=C(C=Cc1ccccc1)N(Cc1ccccc1)CC1CCC1. The lowest BCUT2D eigenvalue weighted by Gasteiger charge is -2.32. The van der Waals surface area contributed by atoms with Gasteiger partial charge in [0.05, 0.1) is 0 Å². The van der Waals surface area contributed by atoms with E-state index in [-0.39, 0.29) is 5.91 Å². The van der Waals surface area contributed by atoms with Crippen molar-refractivity contribution in [1.82, 2.24) is 4.90 Å². The Hall–Kier alpha value is -2.35. The largest absolute Gasteiger partial charge is 0.335 e. The van der Waals surface area contributed by atoms with Crippen molar-refractivity contribution in [3.8, 4) is 0 Å². The maximum atomic E-state index is 12.6. The number of rotatable bonds is 6. The van der Waals surface area contributed by atoms with E-state index in [0.717, 1.165) is 12.1 Å². The van der Waals surface area contributed by atoms with Gasteiger partial charge in [-0.3, -0.25) is 4.79 Å². The van der Waals surface area contributed by atoms with Crippen LogP contribution < -0.4 is 0 Å². The zero-order valence-corrected chi connectivity index (χ0v) is 13.4. The molecule has 1 aliphatic carbocycles. The highest BCUT2D eigenvalue weighted by molar-refractivity contribution is 5.91. The number of nitrogens with zero attached hydrogens (tertiary/aromatic N) is 1. The predicted octanol–water partition coefficient (Wildman–Crippen LogP) is 4.53. The van der Waals surface area contributed by atoms with Gasteiger partial charge in [0.25, 0.3) is 0 Å². The van der Waals surface area contributed by atoms with E-state index in [0.29, 0.717) is 12.5 Å². The zero-order valence-electron chi connectivity index (χ0n) is 13.4. The first kappa shape index (κ1) is 15.5. The number of hydrogen-bond donors (Lipinski definition) is 0. The average Bonchev–Trinajstić information content (AvgIpc) is 2.56. The summed E-state index contributed by atoms with van der Waals surface area (Å²) in [7, 11) is 0. The molecule has 3 rings (SSSR count). The standard InChI is InChI=1S/C21H23NO/c23-21(15-14-18-8-3-1-4-9-18)22(17-20-12-7-13-20)16-19-10-5-2-6-11-19/h1-6,8-11,14-15,20H,7,12-13,16-17H2. The maximum Gasteiger partial charge on any atom is 0.246 e. The lowest BCUT2D eigenvalue weighted by atomic mass is 9.85. The molecule has 0 unspecified atom stereocenters. The van der Waals surface area contributed by atoms with Crippen LogP contribution in [-0.2, 0) is 11.3 Å². The van der Waals surface area contributed by atoms with E-state index in [1.807, 2.05) is 59.5 Å². The lowest BCUT2D eigenvalue weighted by Crippen LogP contribution is -2.36. The van der Waals surface area contributed by atoms with Gasteiger partial charge < -0.3 is 4.90 Å². The molecule has 2 aromatic rings. The van der Waals surface area contributed by atoms with Gasteiger partial charge in [-0.05, 0) is 36.0 Å². The number of benzene rings is 2. The van der Waals surface area contributed by atoms with Crippen LogP contribution in [0.2, 0.25) is 0 Å². The summed E-state index contributed by atoms with van der Waals surface area (Å²) >= 11 is 0. The second-order valence-corrected chi connectivity index (χ2v) is 6.25. The summed E-state index contributed by atoms with van der Waals surface area (Å²) in [6, 6.07) is 20.2. The number of amides is 1. The Labute approximate surface area is 138 Å². The maximum absolute atomic E-state index is 12.6. The fourth-order valence-corrected chi connectivity index (χ4v) is 2.86. The molecule has 1 fully saturated rings. The molecule has 0 saturated heterocycles. The van der Waals surface area contributed by atoms with Crippen molar-refractivity contribution >= 4 is 12.0 Å². The molecule has 0 bridgehead atoms.